The Labute approximate surface area is 143 Å². The molecule has 1 aromatic rings. The minimum absolute atomic E-state index is 0.0390. The van der Waals surface area contributed by atoms with Crippen molar-refractivity contribution in [1.29, 1.82) is 0 Å². The van der Waals surface area contributed by atoms with Gasteiger partial charge in [0.2, 0.25) is 5.91 Å². The Morgan fingerprint density at radius 3 is 2.16 bits per heavy atom. The number of carbonyl (C=O) groups is 2. The number of hydrogen-bond donors (Lipinski definition) is 2. The van der Waals surface area contributed by atoms with Gasteiger partial charge in [0, 0.05) is 16.8 Å². The number of fused-ring (bicyclic) bond motifs is 2. The van der Waals surface area contributed by atoms with Crippen LogP contribution in [0.1, 0.15) is 42.5 Å². The number of carbonyl (C=O) groups excluding carboxylic acids is 2. The standard InChI is InChI=1S/C18H19F3N2O2/c1-2-14(24)22-13-5-3-12(4-6-13)15(25)23-17-9-7-16(11-17,8-10-17)18(19,20)21/h2-6H,1,7-11H2,(H,22,24)(H,23,25). The van der Waals surface area contributed by atoms with Crippen LogP contribution in [0.3, 0.4) is 0 Å². The van der Waals surface area contributed by atoms with Gasteiger partial charge < -0.3 is 10.6 Å². The summed E-state index contributed by atoms with van der Waals surface area (Å²) >= 11 is 0. The maximum atomic E-state index is 13.3. The highest BCUT2D eigenvalue weighted by atomic mass is 19.4. The van der Waals surface area contributed by atoms with E-state index in [1.807, 2.05) is 0 Å². The molecule has 0 spiro atoms. The first-order chi connectivity index (χ1) is 11.7. The number of alkyl halides is 3. The summed E-state index contributed by atoms with van der Waals surface area (Å²) in [6, 6.07) is 6.20. The maximum Gasteiger partial charge on any atom is 0.394 e. The lowest BCUT2D eigenvalue weighted by Crippen LogP contribution is -2.45. The Hall–Kier alpha value is -2.31. The molecule has 0 unspecified atom stereocenters. The number of amides is 2. The molecule has 7 heteroatoms. The Balaban J connectivity index is 1.67. The molecule has 0 atom stereocenters. The van der Waals surface area contributed by atoms with Crippen LogP contribution in [0.15, 0.2) is 36.9 Å². The van der Waals surface area contributed by atoms with Gasteiger partial charge in [-0.3, -0.25) is 9.59 Å². The molecule has 0 radical (unpaired) electrons. The van der Waals surface area contributed by atoms with Crippen LogP contribution < -0.4 is 10.6 Å². The topological polar surface area (TPSA) is 58.2 Å². The molecule has 0 aromatic heterocycles. The quantitative estimate of drug-likeness (QED) is 0.810. The second kappa shape index (κ2) is 5.89. The lowest BCUT2D eigenvalue weighted by Gasteiger charge is -2.29. The molecule has 3 rings (SSSR count). The largest absolute Gasteiger partial charge is 0.394 e. The van der Waals surface area contributed by atoms with Crippen LogP contribution in [0.5, 0.6) is 0 Å². The molecule has 0 saturated heterocycles. The predicted molar refractivity (Wildman–Crippen MR) is 87.0 cm³/mol. The van der Waals surface area contributed by atoms with E-state index < -0.39 is 17.1 Å². The number of anilines is 1. The van der Waals surface area contributed by atoms with Crippen molar-refractivity contribution in [3.8, 4) is 0 Å². The molecule has 0 aliphatic heterocycles. The predicted octanol–water partition coefficient (Wildman–Crippen LogP) is 3.81. The summed E-state index contributed by atoms with van der Waals surface area (Å²) in [6.45, 7) is 3.35. The van der Waals surface area contributed by atoms with E-state index in [2.05, 4.69) is 17.2 Å². The second-order valence-corrected chi connectivity index (χ2v) is 6.96. The third kappa shape index (κ3) is 3.15. The zero-order valence-corrected chi connectivity index (χ0v) is 13.6. The summed E-state index contributed by atoms with van der Waals surface area (Å²) in [7, 11) is 0. The number of rotatable bonds is 4. The summed E-state index contributed by atoms with van der Waals surface area (Å²) in [6.07, 6.45) is -2.28. The fraction of sp³-hybridized carbons (Fsp3) is 0.444. The zero-order chi connectivity index (χ0) is 18.3. The molecule has 0 heterocycles. The Bertz CT molecular complexity index is 702. The van der Waals surface area contributed by atoms with Crippen LogP contribution in [0.25, 0.3) is 0 Å². The van der Waals surface area contributed by atoms with Crippen LogP contribution in [0.2, 0.25) is 0 Å². The van der Waals surface area contributed by atoms with E-state index in [-0.39, 0.29) is 31.1 Å². The summed E-state index contributed by atoms with van der Waals surface area (Å²) in [5, 5.41) is 5.39. The molecule has 25 heavy (non-hydrogen) atoms. The summed E-state index contributed by atoms with van der Waals surface area (Å²) in [5.41, 5.74) is -1.54. The highest BCUT2D eigenvalue weighted by Gasteiger charge is 2.66. The smallest absolute Gasteiger partial charge is 0.347 e. The van der Waals surface area contributed by atoms with Gasteiger partial charge in [0.25, 0.3) is 5.91 Å². The van der Waals surface area contributed by atoms with E-state index in [4.69, 9.17) is 0 Å². The first kappa shape index (κ1) is 17.5. The minimum Gasteiger partial charge on any atom is -0.347 e. The van der Waals surface area contributed by atoms with E-state index >= 15 is 0 Å². The normalized spacial score (nSPS) is 27.8. The van der Waals surface area contributed by atoms with Crippen molar-refractivity contribution >= 4 is 17.5 Å². The third-order valence-corrected chi connectivity index (χ3v) is 5.42. The fourth-order valence-corrected chi connectivity index (χ4v) is 3.97. The van der Waals surface area contributed by atoms with Crippen LogP contribution in [0.4, 0.5) is 18.9 Å². The third-order valence-electron chi connectivity index (χ3n) is 5.42. The van der Waals surface area contributed by atoms with E-state index in [0.717, 1.165) is 6.08 Å². The van der Waals surface area contributed by atoms with Crippen LogP contribution in [0, 0.1) is 5.41 Å². The van der Waals surface area contributed by atoms with Crippen LogP contribution in [-0.2, 0) is 4.79 Å². The molecule has 1 aromatic carbocycles. The van der Waals surface area contributed by atoms with Crippen LogP contribution >= 0.6 is 0 Å². The van der Waals surface area contributed by atoms with Gasteiger partial charge in [-0.05, 0) is 62.4 Å². The van der Waals surface area contributed by atoms with Gasteiger partial charge in [0.1, 0.15) is 0 Å². The first-order valence-electron chi connectivity index (χ1n) is 8.11. The molecule has 4 nitrogen and oxygen atoms in total. The lowest BCUT2D eigenvalue weighted by atomic mass is 9.83. The number of nitrogens with one attached hydrogen (secondary N) is 2. The molecule has 2 aliphatic carbocycles. The van der Waals surface area contributed by atoms with Gasteiger partial charge in [-0.25, -0.2) is 0 Å². The Morgan fingerprint density at radius 1 is 1.08 bits per heavy atom. The van der Waals surface area contributed by atoms with Gasteiger partial charge in [-0.2, -0.15) is 13.2 Å². The SMILES string of the molecule is C=CC(=O)Nc1ccc(C(=O)NC23CCC(C(F)(F)F)(CC2)C3)cc1. The van der Waals surface area contributed by atoms with Crippen molar-refractivity contribution in [2.45, 2.75) is 43.8 Å². The van der Waals surface area contributed by atoms with Gasteiger partial charge in [-0.15, -0.1) is 0 Å². The van der Waals surface area contributed by atoms with Crippen molar-refractivity contribution in [2.24, 2.45) is 5.41 Å². The maximum absolute atomic E-state index is 13.3. The van der Waals surface area contributed by atoms with Gasteiger partial charge in [0.05, 0.1) is 5.41 Å². The second-order valence-electron chi connectivity index (χ2n) is 6.96. The Kier molecular flexibility index (Phi) is 4.13. The molecule has 2 N–H and O–H groups in total. The molecule has 2 bridgehead atoms. The van der Waals surface area contributed by atoms with Gasteiger partial charge in [-0.1, -0.05) is 6.58 Å². The molecular formula is C18H19F3N2O2. The van der Waals surface area contributed by atoms with Crippen molar-refractivity contribution in [3.05, 3.63) is 42.5 Å². The van der Waals surface area contributed by atoms with E-state index in [1.54, 1.807) is 12.1 Å². The van der Waals surface area contributed by atoms with Crippen molar-refractivity contribution in [1.82, 2.24) is 5.32 Å². The monoisotopic (exact) mass is 352 g/mol. The molecule has 2 amide bonds. The molecule has 2 fully saturated rings. The molecule has 2 aliphatic rings. The van der Waals surface area contributed by atoms with Crippen LogP contribution in [-0.4, -0.2) is 23.5 Å². The van der Waals surface area contributed by atoms with Crippen molar-refractivity contribution in [3.63, 3.8) is 0 Å². The highest BCUT2D eigenvalue weighted by Crippen LogP contribution is 2.63. The molecular weight excluding hydrogens is 333 g/mol. The lowest BCUT2D eigenvalue weighted by molar-refractivity contribution is -0.220. The summed E-state index contributed by atoms with van der Waals surface area (Å²) in [4.78, 5) is 23.7. The van der Waals surface area contributed by atoms with E-state index in [0.29, 0.717) is 24.1 Å². The van der Waals surface area contributed by atoms with Gasteiger partial charge >= 0.3 is 6.18 Å². The van der Waals surface area contributed by atoms with Crippen molar-refractivity contribution < 1.29 is 22.8 Å². The molecule has 134 valence electrons. The molecule has 2 saturated carbocycles. The van der Waals surface area contributed by atoms with E-state index in [1.165, 1.54) is 12.1 Å². The minimum atomic E-state index is -4.22. The average molecular weight is 352 g/mol. The van der Waals surface area contributed by atoms with E-state index in [9.17, 15) is 22.8 Å². The summed E-state index contributed by atoms with van der Waals surface area (Å²) in [5.74, 6) is -0.752. The van der Waals surface area contributed by atoms with Gasteiger partial charge in [0.15, 0.2) is 0 Å². The first-order valence-corrected chi connectivity index (χ1v) is 8.11. The summed E-state index contributed by atoms with van der Waals surface area (Å²) < 4.78 is 39.9. The number of hydrogen-bond acceptors (Lipinski definition) is 2. The highest BCUT2D eigenvalue weighted by molar-refractivity contribution is 5.99. The average Bonchev–Trinajstić information content (AvgIpc) is 3.12. The number of benzene rings is 1. The number of halogens is 3. The Morgan fingerprint density at radius 2 is 1.68 bits per heavy atom. The zero-order valence-electron chi connectivity index (χ0n) is 13.6. The fourth-order valence-electron chi connectivity index (χ4n) is 3.97. The van der Waals surface area contributed by atoms with Crippen molar-refractivity contribution in [2.75, 3.05) is 5.32 Å².